The van der Waals surface area contributed by atoms with Crippen molar-refractivity contribution in [2.75, 3.05) is 0 Å². The Hall–Kier alpha value is -1.50. The molecule has 12 heavy (non-hydrogen) atoms. The third-order valence-electron chi connectivity index (χ3n) is 1.28. The molecule has 0 spiro atoms. The Morgan fingerprint density at radius 2 is 2.42 bits per heavy atom. The summed E-state index contributed by atoms with van der Waals surface area (Å²) in [4.78, 5) is 11.3. The second kappa shape index (κ2) is 2.52. The normalized spacial score (nSPS) is 10.4. The fourth-order valence-corrected chi connectivity index (χ4v) is 1.34. The lowest BCUT2D eigenvalue weighted by molar-refractivity contribution is 0.527. The van der Waals surface area contributed by atoms with Gasteiger partial charge in [-0.05, 0) is 18.5 Å². The predicted molar refractivity (Wildman–Crippen MR) is 40.8 cm³/mol. The van der Waals surface area contributed by atoms with Crippen LogP contribution in [0.15, 0.2) is 9.21 Å². The molecule has 0 saturated heterocycles. The molecule has 0 atom stereocenters. The van der Waals surface area contributed by atoms with Crippen molar-refractivity contribution in [1.29, 1.82) is 0 Å². The van der Waals surface area contributed by atoms with Crippen LogP contribution in [0, 0.1) is 6.92 Å². The molecule has 2 aromatic rings. The van der Waals surface area contributed by atoms with Crippen molar-refractivity contribution in [3.63, 3.8) is 0 Å². The molecule has 0 aliphatic carbocycles. The van der Waals surface area contributed by atoms with Gasteiger partial charge in [0.1, 0.15) is 4.88 Å². The van der Waals surface area contributed by atoms with E-state index in [2.05, 4.69) is 19.8 Å². The van der Waals surface area contributed by atoms with E-state index in [1.54, 1.807) is 6.92 Å². The molecule has 0 bridgehead atoms. The van der Waals surface area contributed by atoms with Gasteiger partial charge < -0.3 is 4.42 Å². The molecule has 2 heterocycles. The van der Waals surface area contributed by atoms with E-state index in [-0.39, 0.29) is 5.89 Å². The van der Waals surface area contributed by atoms with Gasteiger partial charge in [-0.3, -0.25) is 0 Å². The molecule has 2 aromatic heterocycles. The smallest absolute Gasteiger partial charge is 0.387 e. The maximum atomic E-state index is 10.6. The van der Waals surface area contributed by atoms with Gasteiger partial charge >= 0.3 is 5.76 Å². The van der Waals surface area contributed by atoms with Crippen LogP contribution in [0.4, 0.5) is 0 Å². The fourth-order valence-electron chi connectivity index (χ4n) is 0.755. The van der Waals surface area contributed by atoms with Gasteiger partial charge in [-0.2, -0.15) is 0 Å². The largest absolute Gasteiger partial charge is 0.434 e. The summed E-state index contributed by atoms with van der Waals surface area (Å²) in [5.74, 6) is -0.328. The highest BCUT2D eigenvalue weighted by Gasteiger charge is 2.11. The Morgan fingerprint density at radius 3 is 2.92 bits per heavy atom. The summed E-state index contributed by atoms with van der Waals surface area (Å²) in [6.07, 6.45) is 0. The molecule has 0 aliphatic heterocycles. The lowest BCUT2D eigenvalue weighted by atomic mass is 10.4. The van der Waals surface area contributed by atoms with Crippen LogP contribution < -0.4 is 5.76 Å². The van der Waals surface area contributed by atoms with Crippen LogP contribution in [-0.4, -0.2) is 19.8 Å². The molecule has 0 radical (unpaired) electrons. The number of nitrogens with one attached hydrogen (secondary N) is 1. The van der Waals surface area contributed by atoms with Crippen molar-refractivity contribution in [2.24, 2.45) is 0 Å². The summed E-state index contributed by atoms with van der Waals surface area (Å²) in [6, 6.07) is 0. The Labute approximate surface area is 70.4 Å². The number of aromatic amines is 1. The minimum absolute atomic E-state index is 0.243. The maximum absolute atomic E-state index is 10.6. The van der Waals surface area contributed by atoms with Crippen molar-refractivity contribution in [2.45, 2.75) is 6.92 Å². The van der Waals surface area contributed by atoms with Gasteiger partial charge in [0.25, 0.3) is 5.89 Å². The van der Waals surface area contributed by atoms with Crippen LogP contribution in [0.3, 0.4) is 0 Å². The van der Waals surface area contributed by atoms with Crippen molar-refractivity contribution in [3.05, 3.63) is 16.2 Å². The van der Waals surface area contributed by atoms with Gasteiger partial charge in [-0.1, -0.05) is 4.49 Å². The quantitative estimate of drug-likeness (QED) is 0.683. The predicted octanol–water partition coefficient (Wildman–Crippen LogP) is 0.190. The summed E-state index contributed by atoms with van der Waals surface area (Å²) in [6.45, 7) is 1.77. The van der Waals surface area contributed by atoms with Crippen molar-refractivity contribution in [1.82, 2.24) is 19.8 Å². The molecular weight excluding hydrogens is 180 g/mol. The molecular formula is C5H4N4O2S. The summed E-state index contributed by atoms with van der Waals surface area (Å²) < 4.78 is 8.40. The van der Waals surface area contributed by atoms with Crippen LogP contribution in [0.25, 0.3) is 10.8 Å². The molecule has 0 amide bonds. The number of rotatable bonds is 1. The Balaban J connectivity index is 2.57. The maximum Gasteiger partial charge on any atom is 0.434 e. The number of nitrogens with zero attached hydrogens (tertiary/aromatic N) is 3. The standard InChI is InChI=1S/C5H4N4O2S/c1-2-3(12-9-6-2)4-7-8-5(10)11-4/h1H3,(H,8,10). The van der Waals surface area contributed by atoms with Crippen LogP contribution in [0.2, 0.25) is 0 Å². The highest BCUT2D eigenvalue weighted by atomic mass is 32.1. The lowest BCUT2D eigenvalue weighted by Crippen LogP contribution is -1.93. The monoisotopic (exact) mass is 184 g/mol. The summed E-state index contributed by atoms with van der Waals surface area (Å²) >= 11 is 1.14. The molecule has 0 aromatic carbocycles. The number of H-pyrrole nitrogens is 1. The first-order valence-corrected chi connectivity index (χ1v) is 3.89. The molecule has 0 fully saturated rings. The molecule has 7 heteroatoms. The lowest BCUT2D eigenvalue weighted by Gasteiger charge is -1.84. The highest BCUT2D eigenvalue weighted by molar-refractivity contribution is 7.09. The minimum atomic E-state index is -0.571. The zero-order valence-electron chi connectivity index (χ0n) is 6.07. The second-order valence-electron chi connectivity index (χ2n) is 2.11. The van der Waals surface area contributed by atoms with Crippen LogP contribution in [0.5, 0.6) is 0 Å². The Bertz CT molecular complexity index is 442. The van der Waals surface area contributed by atoms with E-state index in [0.29, 0.717) is 10.6 Å². The third kappa shape index (κ3) is 1.03. The molecule has 2 rings (SSSR count). The molecule has 1 N–H and O–H groups in total. The number of aryl methyl sites for hydroxylation is 1. The molecule has 0 saturated carbocycles. The van der Waals surface area contributed by atoms with Crippen molar-refractivity contribution < 1.29 is 4.42 Å². The minimum Gasteiger partial charge on any atom is -0.387 e. The third-order valence-corrected chi connectivity index (χ3v) is 2.10. The van der Waals surface area contributed by atoms with Crippen molar-refractivity contribution in [3.8, 4) is 10.8 Å². The van der Waals surface area contributed by atoms with E-state index in [1.807, 2.05) is 0 Å². The Kier molecular flexibility index (Phi) is 1.51. The highest BCUT2D eigenvalue weighted by Crippen LogP contribution is 2.21. The first-order chi connectivity index (χ1) is 5.77. The Morgan fingerprint density at radius 1 is 1.58 bits per heavy atom. The molecule has 6 nitrogen and oxygen atoms in total. The molecule has 0 unspecified atom stereocenters. The zero-order chi connectivity index (χ0) is 8.55. The van der Waals surface area contributed by atoms with E-state index in [0.717, 1.165) is 11.5 Å². The number of hydrogen-bond donors (Lipinski definition) is 1. The number of hydrogen-bond acceptors (Lipinski definition) is 6. The SMILES string of the molecule is Cc1nnsc1-c1n[nH]c(=O)o1. The molecule has 62 valence electrons. The van der Waals surface area contributed by atoms with E-state index in [1.165, 1.54) is 0 Å². The second-order valence-corrected chi connectivity index (χ2v) is 2.86. The van der Waals surface area contributed by atoms with Crippen molar-refractivity contribution >= 4 is 11.5 Å². The number of aromatic nitrogens is 4. The average Bonchev–Trinajstić information content (AvgIpc) is 2.58. The first-order valence-electron chi connectivity index (χ1n) is 3.12. The van der Waals surface area contributed by atoms with Gasteiger partial charge in [0, 0.05) is 0 Å². The fraction of sp³-hybridized carbons (Fsp3) is 0.200. The van der Waals surface area contributed by atoms with Crippen LogP contribution >= 0.6 is 11.5 Å². The van der Waals surface area contributed by atoms with E-state index < -0.39 is 5.76 Å². The molecule has 0 aliphatic rings. The summed E-state index contributed by atoms with van der Waals surface area (Å²) in [5, 5.41) is 9.56. The average molecular weight is 184 g/mol. The van der Waals surface area contributed by atoms with E-state index >= 15 is 0 Å². The van der Waals surface area contributed by atoms with E-state index in [9.17, 15) is 4.79 Å². The van der Waals surface area contributed by atoms with Gasteiger partial charge in [-0.25, -0.2) is 9.89 Å². The van der Waals surface area contributed by atoms with Gasteiger partial charge in [0.2, 0.25) is 0 Å². The zero-order valence-corrected chi connectivity index (χ0v) is 6.88. The topological polar surface area (TPSA) is 84.7 Å². The van der Waals surface area contributed by atoms with Crippen LogP contribution in [0.1, 0.15) is 5.69 Å². The van der Waals surface area contributed by atoms with Gasteiger partial charge in [0.15, 0.2) is 0 Å². The van der Waals surface area contributed by atoms with Gasteiger partial charge in [-0.15, -0.1) is 10.2 Å². The van der Waals surface area contributed by atoms with E-state index in [4.69, 9.17) is 4.42 Å². The summed E-state index contributed by atoms with van der Waals surface area (Å²) in [7, 11) is 0. The van der Waals surface area contributed by atoms with Gasteiger partial charge in [0.05, 0.1) is 5.69 Å². The first kappa shape index (κ1) is 7.17. The van der Waals surface area contributed by atoms with Crippen LogP contribution in [-0.2, 0) is 0 Å². The summed E-state index contributed by atoms with van der Waals surface area (Å²) in [5.41, 5.74) is 0.704.